The van der Waals surface area contributed by atoms with Gasteiger partial charge in [-0.1, -0.05) is 0 Å². The Hall–Kier alpha value is -2.47. The highest BCUT2D eigenvalue weighted by Gasteiger charge is 2.18. The van der Waals surface area contributed by atoms with E-state index in [9.17, 15) is 8.78 Å². The Balaban J connectivity index is 1.90. The van der Waals surface area contributed by atoms with Crippen molar-refractivity contribution in [2.24, 2.45) is 0 Å². The molecule has 1 N–H and O–H groups in total. The quantitative estimate of drug-likeness (QED) is 0.788. The van der Waals surface area contributed by atoms with Crippen LogP contribution < -0.4 is 4.90 Å². The maximum absolute atomic E-state index is 13.6. The summed E-state index contributed by atoms with van der Waals surface area (Å²) in [6, 6.07) is 5.48. The number of anilines is 1. The number of aromatic nitrogens is 2. The predicted octanol–water partition coefficient (Wildman–Crippen LogP) is 3.34. The number of benzene rings is 1. The minimum Gasteiger partial charge on any atom is -0.378 e. The van der Waals surface area contributed by atoms with Crippen molar-refractivity contribution in [3.8, 4) is 11.1 Å². The van der Waals surface area contributed by atoms with Crippen LogP contribution in [0.25, 0.3) is 22.2 Å². The highest BCUT2D eigenvalue weighted by Crippen LogP contribution is 2.35. The molecule has 0 amide bonds. The van der Waals surface area contributed by atoms with Crippen LogP contribution in [0.15, 0.2) is 36.7 Å². The van der Waals surface area contributed by atoms with Gasteiger partial charge in [0.2, 0.25) is 0 Å². The summed E-state index contributed by atoms with van der Waals surface area (Å²) in [6.07, 6.45) is 3.48. The maximum Gasteiger partial charge on any atom is 0.139 e. The number of nitrogens with one attached hydrogen (secondary N) is 1. The van der Waals surface area contributed by atoms with E-state index >= 15 is 0 Å². The third kappa shape index (κ3) is 2.55. The van der Waals surface area contributed by atoms with Gasteiger partial charge in [0.25, 0.3) is 0 Å². The van der Waals surface area contributed by atoms with Gasteiger partial charge in [-0.2, -0.15) is 0 Å². The molecule has 3 aromatic rings. The molecule has 0 aliphatic carbocycles. The lowest BCUT2D eigenvalue weighted by Gasteiger charge is -2.29. The number of morpholine rings is 1. The van der Waals surface area contributed by atoms with Crippen molar-refractivity contribution in [1.82, 2.24) is 9.97 Å². The monoisotopic (exact) mass is 315 g/mol. The zero-order valence-electron chi connectivity index (χ0n) is 12.4. The fourth-order valence-electron chi connectivity index (χ4n) is 3.04. The number of pyridine rings is 1. The largest absolute Gasteiger partial charge is 0.378 e. The first-order valence-electron chi connectivity index (χ1n) is 7.47. The van der Waals surface area contributed by atoms with Crippen molar-refractivity contribution in [2.45, 2.75) is 0 Å². The molecule has 0 saturated carbocycles. The van der Waals surface area contributed by atoms with E-state index in [1.54, 1.807) is 12.4 Å². The van der Waals surface area contributed by atoms with E-state index in [0.29, 0.717) is 24.4 Å². The Morgan fingerprint density at radius 2 is 1.83 bits per heavy atom. The number of hydrogen-bond acceptors (Lipinski definition) is 3. The Labute approximate surface area is 131 Å². The summed E-state index contributed by atoms with van der Waals surface area (Å²) >= 11 is 0. The molecular formula is C17H15F2N3O. The van der Waals surface area contributed by atoms with Gasteiger partial charge in [0.05, 0.1) is 18.9 Å². The summed E-state index contributed by atoms with van der Waals surface area (Å²) in [5, 5.41) is 0.874. The van der Waals surface area contributed by atoms with E-state index in [2.05, 4.69) is 14.9 Å². The lowest BCUT2D eigenvalue weighted by Crippen LogP contribution is -2.36. The summed E-state index contributed by atoms with van der Waals surface area (Å²) in [5.41, 5.74) is 2.94. The third-order valence-corrected chi connectivity index (χ3v) is 4.08. The summed E-state index contributed by atoms with van der Waals surface area (Å²) in [7, 11) is 0. The van der Waals surface area contributed by atoms with Crippen molar-refractivity contribution in [2.75, 3.05) is 31.2 Å². The lowest BCUT2D eigenvalue weighted by molar-refractivity contribution is 0.123. The van der Waals surface area contributed by atoms with Gasteiger partial charge in [0, 0.05) is 42.5 Å². The molecule has 0 bridgehead atoms. The van der Waals surface area contributed by atoms with Gasteiger partial charge >= 0.3 is 0 Å². The fraction of sp³-hybridized carbons (Fsp3) is 0.235. The number of nitrogens with zero attached hydrogens (tertiary/aromatic N) is 2. The maximum atomic E-state index is 13.6. The number of ether oxygens (including phenoxy) is 1. The molecule has 1 aliphatic heterocycles. The molecule has 23 heavy (non-hydrogen) atoms. The summed E-state index contributed by atoms with van der Waals surface area (Å²) in [4.78, 5) is 9.63. The normalized spacial score (nSPS) is 15.3. The van der Waals surface area contributed by atoms with Crippen molar-refractivity contribution < 1.29 is 13.5 Å². The van der Waals surface area contributed by atoms with Crippen LogP contribution in [0.4, 0.5) is 14.5 Å². The first kappa shape index (κ1) is 14.1. The number of rotatable bonds is 2. The Bertz CT molecular complexity index is 836. The Morgan fingerprint density at radius 1 is 1.09 bits per heavy atom. The average molecular weight is 315 g/mol. The van der Waals surface area contributed by atoms with E-state index in [0.717, 1.165) is 35.8 Å². The van der Waals surface area contributed by atoms with Crippen molar-refractivity contribution in [3.05, 3.63) is 48.3 Å². The van der Waals surface area contributed by atoms with Crippen LogP contribution in [-0.4, -0.2) is 36.3 Å². The highest BCUT2D eigenvalue weighted by molar-refractivity contribution is 6.02. The van der Waals surface area contributed by atoms with E-state index in [1.165, 1.54) is 12.1 Å². The molecule has 1 aromatic carbocycles. The van der Waals surface area contributed by atoms with Crippen molar-refractivity contribution >= 4 is 16.7 Å². The van der Waals surface area contributed by atoms with Crippen LogP contribution in [0, 0.1) is 11.6 Å². The summed E-state index contributed by atoms with van der Waals surface area (Å²) < 4.78 is 32.6. The van der Waals surface area contributed by atoms with Gasteiger partial charge in [-0.3, -0.25) is 0 Å². The van der Waals surface area contributed by atoms with Crippen LogP contribution in [0.2, 0.25) is 0 Å². The zero-order chi connectivity index (χ0) is 15.8. The van der Waals surface area contributed by atoms with E-state index in [-0.39, 0.29) is 0 Å². The van der Waals surface area contributed by atoms with Gasteiger partial charge in [-0.05, 0) is 23.8 Å². The van der Waals surface area contributed by atoms with Crippen LogP contribution >= 0.6 is 0 Å². The van der Waals surface area contributed by atoms with Gasteiger partial charge in [-0.25, -0.2) is 13.8 Å². The first-order chi connectivity index (χ1) is 11.2. The summed E-state index contributed by atoms with van der Waals surface area (Å²) in [5.74, 6) is -1.18. The molecule has 1 saturated heterocycles. The van der Waals surface area contributed by atoms with E-state index in [4.69, 9.17) is 4.74 Å². The molecular weight excluding hydrogens is 300 g/mol. The molecule has 1 fully saturated rings. The first-order valence-corrected chi connectivity index (χ1v) is 7.47. The van der Waals surface area contributed by atoms with Gasteiger partial charge in [0.1, 0.15) is 17.3 Å². The smallest absolute Gasteiger partial charge is 0.139 e. The number of H-pyrrole nitrogens is 1. The Kier molecular flexibility index (Phi) is 3.46. The Morgan fingerprint density at radius 3 is 2.57 bits per heavy atom. The minimum absolute atomic E-state index is 0.497. The van der Waals surface area contributed by atoms with Crippen LogP contribution in [0.3, 0.4) is 0 Å². The van der Waals surface area contributed by atoms with Crippen molar-refractivity contribution in [1.29, 1.82) is 0 Å². The highest BCUT2D eigenvalue weighted by atomic mass is 19.1. The standard InChI is InChI=1S/C17H15F2N3O/c18-12-7-11(8-13(19)9-12)14-10-21-17-16(14)15(1-2-20-17)22-3-5-23-6-4-22/h1-2,7-10H,3-6H2,(H,20,21). The molecule has 4 nitrogen and oxygen atoms in total. The lowest BCUT2D eigenvalue weighted by atomic mass is 10.0. The number of aromatic amines is 1. The molecule has 0 unspecified atom stereocenters. The molecule has 6 heteroatoms. The molecule has 0 atom stereocenters. The van der Waals surface area contributed by atoms with Gasteiger partial charge in [0.15, 0.2) is 0 Å². The number of fused-ring (bicyclic) bond motifs is 1. The number of halogens is 2. The van der Waals surface area contributed by atoms with Crippen LogP contribution in [0.5, 0.6) is 0 Å². The molecule has 2 aromatic heterocycles. The third-order valence-electron chi connectivity index (χ3n) is 4.08. The minimum atomic E-state index is -0.592. The SMILES string of the molecule is Fc1cc(F)cc(-c2c[nH]c3nccc(N4CCOCC4)c23)c1. The average Bonchev–Trinajstić information content (AvgIpc) is 2.99. The van der Waals surface area contributed by atoms with Crippen LogP contribution in [-0.2, 0) is 4.74 Å². The summed E-state index contributed by atoms with van der Waals surface area (Å²) in [6.45, 7) is 2.89. The van der Waals surface area contributed by atoms with Gasteiger partial charge in [-0.15, -0.1) is 0 Å². The van der Waals surface area contributed by atoms with Crippen LogP contribution in [0.1, 0.15) is 0 Å². The molecule has 0 spiro atoms. The molecule has 118 valence electrons. The predicted molar refractivity (Wildman–Crippen MR) is 84.5 cm³/mol. The fourth-order valence-corrected chi connectivity index (χ4v) is 3.04. The molecule has 3 heterocycles. The van der Waals surface area contributed by atoms with Crippen molar-refractivity contribution in [3.63, 3.8) is 0 Å². The molecule has 0 radical (unpaired) electrons. The second-order valence-corrected chi connectivity index (χ2v) is 5.51. The number of hydrogen-bond donors (Lipinski definition) is 1. The van der Waals surface area contributed by atoms with E-state index in [1.807, 2.05) is 6.07 Å². The molecule has 1 aliphatic rings. The van der Waals surface area contributed by atoms with Gasteiger partial charge < -0.3 is 14.6 Å². The van der Waals surface area contributed by atoms with E-state index < -0.39 is 11.6 Å². The molecule has 4 rings (SSSR count). The second-order valence-electron chi connectivity index (χ2n) is 5.51. The zero-order valence-corrected chi connectivity index (χ0v) is 12.4. The topological polar surface area (TPSA) is 41.2 Å². The second kappa shape index (κ2) is 5.62.